The normalized spacial score (nSPS) is 11.9. The molecule has 0 spiro atoms. The first-order valence-corrected chi connectivity index (χ1v) is 8.67. The zero-order valence-corrected chi connectivity index (χ0v) is 14.1. The predicted molar refractivity (Wildman–Crippen MR) is 95.3 cm³/mol. The van der Waals surface area contributed by atoms with Crippen molar-refractivity contribution in [1.29, 1.82) is 0 Å². The number of nitrogens with zero attached hydrogens (tertiary/aromatic N) is 2. The zero-order chi connectivity index (χ0) is 18.0. The van der Waals surface area contributed by atoms with E-state index in [1.807, 2.05) is 0 Å². The van der Waals surface area contributed by atoms with Crippen molar-refractivity contribution in [1.82, 2.24) is 0 Å². The van der Waals surface area contributed by atoms with Crippen LogP contribution in [0.2, 0.25) is 0 Å². The third-order valence-corrected chi connectivity index (χ3v) is 4.42. The third-order valence-electron chi connectivity index (χ3n) is 3.57. The Kier molecular flexibility index (Phi) is 4.39. The molecule has 0 saturated heterocycles. The number of hydrogen-bond donors (Lipinski definition) is 2. The fourth-order valence-corrected chi connectivity index (χ4v) is 2.84. The number of methoxy groups -OCH3 is 1. The first kappa shape index (κ1) is 16.9. The van der Waals surface area contributed by atoms with Gasteiger partial charge in [-0.15, -0.1) is 5.11 Å². The summed E-state index contributed by atoms with van der Waals surface area (Å²) in [4.78, 5) is -0.152. The highest BCUT2D eigenvalue weighted by Gasteiger charge is 2.10. The largest absolute Gasteiger partial charge is 0.494 e. The number of anilines is 1. The van der Waals surface area contributed by atoms with Crippen LogP contribution in [0, 0.1) is 0 Å². The molecule has 8 heteroatoms. The molecule has 0 unspecified atom stereocenters. The Morgan fingerprint density at radius 2 is 1.68 bits per heavy atom. The predicted octanol–water partition coefficient (Wildman–Crippen LogP) is 4.09. The van der Waals surface area contributed by atoms with Gasteiger partial charge in [0.15, 0.2) is 0 Å². The van der Waals surface area contributed by atoms with E-state index in [0.29, 0.717) is 28.2 Å². The number of ether oxygens (including phenoxy) is 1. The molecular formula is C17H15N3O4S. The molecule has 0 radical (unpaired) electrons. The molecule has 3 aromatic carbocycles. The van der Waals surface area contributed by atoms with Crippen LogP contribution < -0.4 is 10.5 Å². The van der Waals surface area contributed by atoms with E-state index < -0.39 is 10.1 Å². The SMILES string of the molecule is COc1cc(N)ccc1N=Nc1ccc2cc(S(=O)(=O)O)ccc2c1. The van der Waals surface area contributed by atoms with Crippen LogP contribution in [0.3, 0.4) is 0 Å². The van der Waals surface area contributed by atoms with Gasteiger partial charge < -0.3 is 10.5 Å². The lowest BCUT2D eigenvalue weighted by atomic mass is 10.1. The maximum absolute atomic E-state index is 11.2. The number of hydrogen-bond acceptors (Lipinski definition) is 6. The highest BCUT2D eigenvalue weighted by Crippen LogP contribution is 2.31. The van der Waals surface area contributed by atoms with E-state index in [-0.39, 0.29) is 4.90 Å². The van der Waals surface area contributed by atoms with Crippen LogP contribution in [0.5, 0.6) is 5.75 Å². The average Bonchev–Trinajstić information content (AvgIpc) is 2.59. The molecule has 3 rings (SSSR count). The van der Waals surface area contributed by atoms with E-state index in [0.717, 1.165) is 5.39 Å². The fraction of sp³-hybridized carbons (Fsp3) is 0.0588. The van der Waals surface area contributed by atoms with Gasteiger partial charge in [-0.1, -0.05) is 12.1 Å². The Morgan fingerprint density at radius 3 is 2.40 bits per heavy atom. The lowest BCUT2D eigenvalue weighted by Gasteiger charge is -2.04. The van der Waals surface area contributed by atoms with Gasteiger partial charge >= 0.3 is 0 Å². The van der Waals surface area contributed by atoms with Gasteiger partial charge in [0.2, 0.25) is 0 Å². The number of nitrogens with two attached hydrogens (primary N) is 1. The van der Waals surface area contributed by atoms with Crippen LogP contribution in [-0.4, -0.2) is 20.1 Å². The molecular weight excluding hydrogens is 342 g/mol. The van der Waals surface area contributed by atoms with Crippen molar-refractivity contribution >= 4 is 38.0 Å². The minimum Gasteiger partial charge on any atom is -0.494 e. The van der Waals surface area contributed by atoms with Gasteiger partial charge in [0.05, 0.1) is 17.7 Å². The van der Waals surface area contributed by atoms with Crippen LogP contribution in [0.15, 0.2) is 69.7 Å². The molecule has 0 atom stereocenters. The Bertz CT molecular complexity index is 1080. The number of fused-ring (bicyclic) bond motifs is 1. The summed E-state index contributed by atoms with van der Waals surface area (Å²) >= 11 is 0. The fourth-order valence-electron chi connectivity index (χ4n) is 2.32. The van der Waals surface area contributed by atoms with Crippen molar-refractivity contribution in [3.05, 3.63) is 54.6 Å². The molecule has 3 N–H and O–H groups in total. The van der Waals surface area contributed by atoms with Gasteiger partial charge in [-0.2, -0.15) is 13.5 Å². The minimum absolute atomic E-state index is 0.152. The second kappa shape index (κ2) is 6.50. The van der Waals surface area contributed by atoms with Gasteiger partial charge in [0, 0.05) is 11.8 Å². The molecule has 128 valence electrons. The van der Waals surface area contributed by atoms with Crippen molar-refractivity contribution < 1.29 is 17.7 Å². The van der Waals surface area contributed by atoms with Crippen LogP contribution >= 0.6 is 0 Å². The molecule has 0 bridgehead atoms. The van der Waals surface area contributed by atoms with Crippen molar-refractivity contribution in [2.75, 3.05) is 12.8 Å². The number of nitrogen functional groups attached to an aromatic ring is 1. The zero-order valence-electron chi connectivity index (χ0n) is 13.2. The maximum atomic E-state index is 11.2. The second-order valence-corrected chi connectivity index (χ2v) is 6.72. The molecule has 0 saturated carbocycles. The summed E-state index contributed by atoms with van der Waals surface area (Å²) in [7, 11) is -2.70. The first-order valence-electron chi connectivity index (χ1n) is 7.23. The minimum atomic E-state index is -4.23. The highest BCUT2D eigenvalue weighted by atomic mass is 32.2. The van der Waals surface area contributed by atoms with Crippen LogP contribution in [-0.2, 0) is 10.1 Å². The molecule has 0 aliphatic heterocycles. The molecule has 25 heavy (non-hydrogen) atoms. The average molecular weight is 357 g/mol. The Hall–Kier alpha value is -2.97. The Morgan fingerprint density at radius 1 is 0.960 bits per heavy atom. The lowest BCUT2D eigenvalue weighted by Crippen LogP contribution is -1.97. The summed E-state index contributed by atoms with van der Waals surface area (Å²) < 4.78 is 36.7. The topological polar surface area (TPSA) is 114 Å². The Balaban J connectivity index is 1.95. The van der Waals surface area contributed by atoms with E-state index in [4.69, 9.17) is 15.0 Å². The van der Waals surface area contributed by atoms with E-state index in [9.17, 15) is 8.42 Å². The monoisotopic (exact) mass is 357 g/mol. The molecule has 0 heterocycles. The van der Waals surface area contributed by atoms with Crippen molar-refractivity contribution in [3.63, 3.8) is 0 Å². The number of rotatable bonds is 4. The van der Waals surface area contributed by atoms with Gasteiger partial charge in [-0.3, -0.25) is 4.55 Å². The van der Waals surface area contributed by atoms with Crippen molar-refractivity contribution in [2.24, 2.45) is 10.2 Å². The summed E-state index contributed by atoms with van der Waals surface area (Å²) in [6, 6.07) is 14.6. The van der Waals surface area contributed by atoms with Gasteiger partial charge in [0.25, 0.3) is 10.1 Å². The van der Waals surface area contributed by atoms with E-state index in [1.165, 1.54) is 19.2 Å². The Labute approximate surface area is 144 Å². The summed E-state index contributed by atoms with van der Waals surface area (Å²) in [5, 5.41) is 9.77. The van der Waals surface area contributed by atoms with Crippen molar-refractivity contribution in [3.8, 4) is 5.75 Å². The molecule has 0 fully saturated rings. The quantitative estimate of drug-likeness (QED) is 0.414. The molecule has 3 aromatic rings. The molecule has 0 aromatic heterocycles. The molecule has 7 nitrogen and oxygen atoms in total. The molecule has 0 aliphatic carbocycles. The smallest absolute Gasteiger partial charge is 0.294 e. The number of azo groups is 1. The summed E-state index contributed by atoms with van der Waals surface area (Å²) in [5.74, 6) is 0.516. The standard InChI is InChI=1S/C17H15N3O4S/c1-24-17-10-13(18)4-7-16(17)20-19-14-5-2-12-9-15(25(21,22)23)6-3-11(12)8-14/h2-10H,18H2,1H3,(H,21,22,23). The van der Waals surface area contributed by atoms with Crippen LogP contribution in [0.4, 0.5) is 17.1 Å². The lowest BCUT2D eigenvalue weighted by molar-refractivity contribution is 0.416. The van der Waals surface area contributed by atoms with E-state index >= 15 is 0 Å². The van der Waals surface area contributed by atoms with Gasteiger partial charge in [-0.05, 0) is 47.2 Å². The number of benzene rings is 3. The van der Waals surface area contributed by atoms with Crippen LogP contribution in [0.25, 0.3) is 10.8 Å². The van der Waals surface area contributed by atoms with E-state index in [2.05, 4.69) is 10.2 Å². The second-order valence-electron chi connectivity index (χ2n) is 5.30. The van der Waals surface area contributed by atoms with Crippen LogP contribution in [0.1, 0.15) is 0 Å². The summed E-state index contributed by atoms with van der Waals surface area (Å²) in [6.07, 6.45) is 0. The third kappa shape index (κ3) is 3.76. The highest BCUT2D eigenvalue weighted by molar-refractivity contribution is 7.85. The molecule has 0 aliphatic rings. The van der Waals surface area contributed by atoms with Gasteiger partial charge in [-0.25, -0.2) is 0 Å². The van der Waals surface area contributed by atoms with Gasteiger partial charge in [0.1, 0.15) is 11.4 Å². The summed E-state index contributed by atoms with van der Waals surface area (Å²) in [5.41, 5.74) is 7.40. The molecule has 0 amide bonds. The maximum Gasteiger partial charge on any atom is 0.294 e. The van der Waals surface area contributed by atoms with Crippen molar-refractivity contribution in [2.45, 2.75) is 4.90 Å². The van der Waals surface area contributed by atoms with E-state index in [1.54, 1.807) is 42.5 Å². The first-order chi connectivity index (χ1) is 11.9. The summed E-state index contributed by atoms with van der Waals surface area (Å²) in [6.45, 7) is 0.